The second-order valence-electron chi connectivity index (χ2n) is 8.17. The molecule has 12 heteroatoms. The van der Waals surface area contributed by atoms with Gasteiger partial charge in [0.2, 0.25) is 5.95 Å². The molecule has 0 aliphatic carbocycles. The first-order chi connectivity index (χ1) is 15.9. The summed E-state index contributed by atoms with van der Waals surface area (Å²) in [6, 6.07) is 5.97. The van der Waals surface area contributed by atoms with Gasteiger partial charge < -0.3 is 5.32 Å². The number of nitrogens with zero attached hydrogens (tertiary/aromatic N) is 6. The summed E-state index contributed by atoms with van der Waals surface area (Å²) in [5.74, 6) is -0.100. The van der Waals surface area contributed by atoms with Crippen molar-refractivity contribution in [2.75, 3.05) is 18.4 Å². The van der Waals surface area contributed by atoms with Gasteiger partial charge in [-0.05, 0) is 42.8 Å². The van der Waals surface area contributed by atoms with Crippen LogP contribution in [0.2, 0.25) is 0 Å². The fourth-order valence-corrected chi connectivity index (χ4v) is 3.85. The van der Waals surface area contributed by atoms with E-state index < -0.39 is 5.24 Å². The molecule has 3 aromatic heterocycles. The quantitative estimate of drug-likeness (QED) is 0.456. The molecule has 0 saturated carbocycles. The van der Waals surface area contributed by atoms with Crippen LogP contribution in [-0.4, -0.2) is 72.1 Å². The maximum Gasteiger partial charge on any atom is 0.261 e. The maximum absolute atomic E-state index is 12.7. The number of anilines is 1. The molecule has 4 aromatic rings. The number of fused-ring (bicyclic) bond motifs is 1. The topological polar surface area (TPSA) is 103 Å². The van der Waals surface area contributed by atoms with E-state index in [1.165, 1.54) is 4.68 Å². The van der Waals surface area contributed by atoms with Crippen LogP contribution < -0.4 is 10.6 Å². The van der Waals surface area contributed by atoms with Gasteiger partial charge in [-0.2, -0.15) is 10.2 Å². The molecular formula is C21H19B3N8O. The van der Waals surface area contributed by atoms with E-state index in [0.717, 1.165) is 42.4 Å². The van der Waals surface area contributed by atoms with Crippen molar-refractivity contribution in [3.63, 3.8) is 0 Å². The number of amides is 1. The number of aromatic nitrogens is 6. The lowest BCUT2D eigenvalue weighted by Gasteiger charge is -2.22. The molecule has 2 N–H and O–H groups in total. The lowest BCUT2D eigenvalue weighted by atomic mass is 9.49. The van der Waals surface area contributed by atoms with Gasteiger partial charge in [0, 0.05) is 29.5 Å². The molecule has 1 saturated heterocycles. The van der Waals surface area contributed by atoms with Crippen molar-refractivity contribution in [3.8, 4) is 11.1 Å². The van der Waals surface area contributed by atoms with E-state index in [1.54, 1.807) is 31.0 Å². The van der Waals surface area contributed by atoms with Crippen molar-refractivity contribution in [2.45, 2.75) is 24.1 Å². The van der Waals surface area contributed by atoms with Crippen LogP contribution in [0.4, 0.5) is 5.95 Å². The fraction of sp³-hybridized carbons (Fsp3) is 0.286. The van der Waals surface area contributed by atoms with Gasteiger partial charge in [-0.1, -0.05) is 12.1 Å². The van der Waals surface area contributed by atoms with E-state index >= 15 is 0 Å². The largest absolute Gasteiger partial charge is 0.317 e. The van der Waals surface area contributed by atoms with Crippen LogP contribution in [0.3, 0.4) is 0 Å². The first-order valence-corrected chi connectivity index (χ1v) is 10.6. The van der Waals surface area contributed by atoms with Crippen LogP contribution in [0.25, 0.3) is 22.0 Å². The van der Waals surface area contributed by atoms with Gasteiger partial charge in [-0.15, -0.1) is 0 Å². The molecular weight excluding hydrogens is 413 g/mol. The molecule has 1 aromatic carbocycles. The lowest BCUT2D eigenvalue weighted by Crippen LogP contribution is -2.35. The number of hydrogen-bond donors (Lipinski definition) is 2. The van der Waals surface area contributed by atoms with Crippen LogP contribution in [0.15, 0.2) is 49.2 Å². The summed E-state index contributed by atoms with van der Waals surface area (Å²) in [4.78, 5) is 21.5. The molecule has 6 radical (unpaired) electrons. The molecule has 1 aliphatic heterocycles. The van der Waals surface area contributed by atoms with Crippen molar-refractivity contribution in [1.29, 1.82) is 0 Å². The minimum absolute atomic E-state index is 0.208. The van der Waals surface area contributed by atoms with Gasteiger partial charge >= 0.3 is 0 Å². The van der Waals surface area contributed by atoms with Crippen molar-refractivity contribution in [2.24, 2.45) is 0 Å². The zero-order valence-electron chi connectivity index (χ0n) is 17.8. The van der Waals surface area contributed by atoms with Gasteiger partial charge in [0.1, 0.15) is 0 Å². The molecule has 33 heavy (non-hydrogen) atoms. The highest BCUT2D eigenvalue weighted by Gasteiger charge is 2.18. The highest BCUT2D eigenvalue weighted by Crippen LogP contribution is 2.24. The minimum atomic E-state index is -1.59. The first-order valence-electron chi connectivity index (χ1n) is 10.6. The molecule has 0 atom stereocenters. The van der Waals surface area contributed by atoms with Crippen LogP contribution >= 0.6 is 0 Å². The van der Waals surface area contributed by atoms with Crippen LogP contribution in [0.5, 0.6) is 0 Å². The Bertz CT molecular complexity index is 1310. The number of piperidine rings is 1. The van der Waals surface area contributed by atoms with Gasteiger partial charge in [0.05, 0.1) is 53.1 Å². The van der Waals surface area contributed by atoms with E-state index in [2.05, 4.69) is 30.8 Å². The molecule has 1 amide bonds. The zero-order chi connectivity index (χ0) is 23.0. The average molecular weight is 432 g/mol. The molecule has 1 fully saturated rings. The van der Waals surface area contributed by atoms with E-state index in [1.807, 2.05) is 22.9 Å². The Balaban J connectivity index is 1.35. The normalized spacial score (nSPS) is 15.0. The number of benzene rings is 1. The zero-order valence-corrected chi connectivity index (χ0v) is 17.8. The van der Waals surface area contributed by atoms with Crippen LogP contribution in [-0.2, 0) is 5.24 Å². The molecule has 0 bridgehead atoms. The summed E-state index contributed by atoms with van der Waals surface area (Å²) in [5.41, 5.74) is 2.75. The van der Waals surface area contributed by atoms with Gasteiger partial charge in [0.25, 0.3) is 5.91 Å². The number of hydrogen-bond acceptors (Lipinski definition) is 6. The van der Waals surface area contributed by atoms with Crippen molar-refractivity contribution >= 4 is 46.3 Å². The number of carbonyl (C=O) groups excluding carboxylic acids is 1. The highest BCUT2D eigenvalue weighted by atomic mass is 16.1. The first kappa shape index (κ1) is 21.5. The standard InChI is InChI=1S/C21H19B3N8O/c22-21(23,24)32-12-15(9-28-32)13-1-2-14-8-26-20(29-18(14)7-13)30-19(33)16-10-27-31(11-16)17-3-5-25-6-4-17/h1-2,7-12,17,25H,3-6H2,(H,26,29,30,33). The third-order valence-electron chi connectivity index (χ3n) is 5.67. The average Bonchev–Trinajstić information content (AvgIpc) is 3.49. The Morgan fingerprint density at radius 2 is 1.88 bits per heavy atom. The summed E-state index contributed by atoms with van der Waals surface area (Å²) in [6.07, 6.45) is 10.3. The predicted molar refractivity (Wildman–Crippen MR) is 127 cm³/mol. The van der Waals surface area contributed by atoms with E-state index in [4.69, 9.17) is 23.5 Å². The highest BCUT2D eigenvalue weighted by molar-refractivity contribution is 6.56. The van der Waals surface area contributed by atoms with Crippen molar-refractivity contribution in [1.82, 2.24) is 34.8 Å². The second kappa shape index (κ2) is 8.51. The van der Waals surface area contributed by atoms with Crippen molar-refractivity contribution in [3.05, 3.63) is 54.7 Å². The Labute approximate surface area is 194 Å². The minimum Gasteiger partial charge on any atom is -0.317 e. The number of carbonyl (C=O) groups is 1. The summed E-state index contributed by atoms with van der Waals surface area (Å²) in [6.45, 7) is 1.90. The molecule has 9 nitrogen and oxygen atoms in total. The van der Waals surface area contributed by atoms with E-state index in [-0.39, 0.29) is 11.9 Å². The fourth-order valence-electron chi connectivity index (χ4n) is 3.85. The summed E-state index contributed by atoms with van der Waals surface area (Å²) in [7, 11) is 17.0. The smallest absolute Gasteiger partial charge is 0.261 e. The Kier molecular flexibility index (Phi) is 5.53. The summed E-state index contributed by atoms with van der Waals surface area (Å²) in [5, 5.41) is 13.8. The third kappa shape index (κ3) is 4.56. The van der Waals surface area contributed by atoms with E-state index in [0.29, 0.717) is 17.1 Å². The lowest BCUT2D eigenvalue weighted by molar-refractivity contribution is 0.102. The summed E-state index contributed by atoms with van der Waals surface area (Å²) >= 11 is 0. The van der Waals surface area contributed by atoms with Gasteiger partial charge in [0.15, 0.2) is 0 Å². The Morgan fingerprint density at radius 3 is 2.64 bits per heavy atom. The second-order valence-corrected chi connectivity index (χ2v) is 8.17. The Hall–Kier alpha value is -3.40. The predicted octanol–water partition coefficient (Wildman–Crippen LogP) is 0.940. The van der Waals surface area contributed by atoms with Gasteiger partial charge in [-0.25, -0.2) is 9.97 Å². The van der Waals surface area contributed by atoms with Crippen LogP contribution in [0, 0.1) is 0 Å². The SMILES string of the molecule is [B]C([B])([B])n1cc(-c2ccc3cnc(NC(=O)c4cnn(C5CCNCC5)c4)nc3c2)cn1. The molecule has 1 aliphatic rings. The molecule has 0 unspecified atom stereocenters. The van der Waals surface area contributed by atoms with Gasteiger partial charge in [-0.3, -0.25) is 19.5 Å². The van der Waals surface area contributed by atoms with Crippen LogP contribution in [0.1, 0.15) is 29.2 Å². The summed E-state index contributed by atoms with van der Waals surface area (Å²) < 4.78 is 3.14. The molecule has 158 valence electrons. The molecule has 0 spiro atoms. The Morgan fingerprint density at radius 1 is 1.06 bits per heavy atom. The molecule has 5 rings (SSSR count). The molecule has 4 heterocycles. The number of nitrogens with one attached hydrogen (secondary N) is 2. The van der Waals surface area contributed by atoms with Crippen molar-refractivity contribution < 1.29 is 4.79 Å². The van der Waals surface area contributed by atoms with E-state index in [9.17, 15) is 4.79 Å². The maximum atomic E-state index is 12.7. The monoisotopic (exact) mass is 432 g/mol. The third-order valence-corrected chi connectivity index (χ3v) is 5.67. The number of rotatable bonds is 5.